The Bertz CT molecular complexity index is 926. The molecule has 6 heteroatoms. The van der Waals surface area contributed by atoms with Crippen LogP contribution < -0.4 is 10.6 Å². The van der Waals surface area contributed by atoms with E-state index in [9.17, 15) is 5.11 Å². The molecule has 0 amide bonds. The lowest BCUT2D eigenvalue weighted by Gasteiger charge is -2.12. The molecule has 0 atom stereocenters. The number of nitrogens with zero attached hydrogens (tertiary/aromatic N) is 1. The molecule has 150 valence electrons. The number of halogens is 1. The first-order chi connectivity index (χ1) is 13.1. The first kappa shape index (κ1) is 22.1. The number of fused-ring (bicyclic) bond motifs is 1. The molecular formula is C22H29IN4O. The number of aromatic amines is 1. The molecule has 0 bridgehead atoms. The number of aromatic nitrogens is 1. The van der Waals surface area contributed by atoms with Gasteiger partial charge in [0.15, 0.2) is 5.96 Å². The molecule has 28 heavy (non-hydrogen) atoms. The van der Waals surface area contributed by atoms with E-state index < -0.39 is 0 Å². The molecule has 0 aliphatic rings. The van der Waals surface area contributed by atoms with E-state index in [4.69, 9.17) is 0 Å². The highest BCUT2D eigenvalue weighted by Crippen LogP contribution is 2.23. The fourth-order valence-electron chi connectivity index (χ4n) is 3.30. The van der Waals surface area contributed by atoms with E-state index in [2.05, 4.69) is 51.9 Å². The third kappa shape index (κ3) is 5.41. The molecule has 0 radical (unpaired) electrons. The predicted molar refractivity (Wildman–Crippen MR) is 128 cm³/mol. The van der Waals surface area contributed by atoms with Gasteiger partial charge in [0.25, 0.3) is 0 Å². The molecule has 0 fully saturated rings. The molecule has 5 nitrogen and oxygen atoms in total. The second kappa shape index (κ2) is 10.4. The molecule has 0 saturated heterocycles. The topological polar surface area (TPSA) is 72.4 Å². The van der Waals surface area contributed by atoms with E-state index >= 15 is 0 Å². The van der Waals surface area contributed by atoms with Crippen LogP contribution in [0.3, 0.4) is 0 Å². The monoisotopic (exact) mass is 492 g/mol. The van der Waals surface area contributed by atoms with E-state index in [1.165, 1.54) is 16.5 Å². The zero-order valence-electron chi connectivity index (χ0n) is 16.7. The molecule has 0 spiro atoms. The summed E-state index contributed by atoms with van der Waals surface area (Å²) in [5.74, 6) is 1.17. The number of para-hydroxylation sites is 1. The molecule has 3 aromatic rings. The van der Waals surface area contributed by atoms with Gasteiger partial charge < -0.3 is 20.7 Å². The van der Waals surface area contributed by atoms with Crippen LogP contribution >= 0.6 is 24.0 Å². The fourth-order valence-corrected chi connectivity index (χ4v) is 3.30. The number of phenolic OH excluding ortho intramolecular Hbond substituents is 1. The highest BCUT2D eigenvalue weighted by molar-refractivity contribution is 14.0. The number of benzene rings is 2. The summed E-state index contributed by atoms with van der Waals surface area (Å²) in [6, 6.07) is 12.3. The van der Waals surface area contributed by atoms with Crippen molar-refractivity contribution >= 4 is 40.8 Å². The minimum atomic E-state index is 0. The third-order valence-electron chi connectivity index (χ3n) is 4.68. The van der Waals surface area contributed by atoms with Gasteiger partial charge >= 0.3 is 0 Å². The quantitative estimate of drug-likeness (QED) is 0.234. The van der Waals surface area contributed by atoms with Gasteiger partial charge in [0.1, 0.15) is 5.75 Å². The maximum Gasteiger partial charge on any atom is 0.191 e. The zero-order chi connectivity index (χ0) is 19.2. The number of H-pyrrole nitrogens is 1. The van der Waals surface area contributed by atoms with Gasteiger partial charge in [-0.2, -0.15) is 0 Å². The van der Waals surface area contributed by atoms with Crippen molar-refractivity contribution in [1.29, 1.82) is 0 Å². The van der Waals surface area contributed by atoms with Crippen molar-refractivity contribution in [3.63, 3.8) is 0 Å². The highest BCUT2D eigenvalue weighted by Gasteiger charge is 2.05. The minimum absolute atomic E-state index is 0. The van der Waals surface area contributed by atoms with E-state index in [-0.39, 0.29) is 24.0 Å². The van der Waals surface area contributed by atoms with Crippen LogP contribution in [0.15, 0.2) is 47.6 Å². The first-order valence-corrected chi connectivity index (χ1v) is 9.44. The normalized spacial score (nSPS) is 11.3. The number of aryl methyl sites for hydroxylation is 2. The van der Waals surface area contributed by atoms with Crippen molar-refractivity contribution in [2.45, 2.75) is 33.7 Å². The molecule has 1 aromatic heterocycles. The van der Waals surface area contributed by atoms with Crippen molar-refractivity contribution < 1.29 is 5.11 Å². The molecule has 3 rings (SSSR count). The number of hydrogen-bond donors (Lipinski definition) is 4. The Hall–Kier alpha value is -2.22. The predicted octanol–water partition coefficient (Wildman–Crippen LogP) is 4.41. The average Bonchev–Trinajstić information content (AvgIpc) is 3.07. The fraction of sp³-hybridized carbons (Fsp3) is 0.318. The summed E-state index contributed by atoms with van der Waals surface area (Å²) in [7, 11) is 0. The number of phenols is 1. The van der Waals surface area contributed by atoms with Crippen LogP contribution in [0.1, 0.15) is 29.2 Å². The number of hydrogen-bond acceptors (Lipinski definition) is 2. The van der Waals surface area contributed by atoms with E-state index in [0.717, 1.165) is 42.2 Å². The summed E-state index contributed by atoms with van der Waals surface area (Å²) in [6.07, 6.45) is 3.00. The SMILES string of the molecule is CCNC(=NCc1cc(C)c(O)c(C)c1)NCCc1c[nH]c2ccccc12.I. The lowest BCUT2D eigenvalue weighted by molar-refractivity contribution is 0.466. The van der Waals surface area contributed by atoms with Gasteiger partial charge in [-0.3, -0.25) is 0 Å². The molecule has 1 heterocycles. The van der Waals surface area contributed by atoms with Gasteiger partial charge in [-0.05, 0) is 55.5 Å². The number of aliphatic imine (C=N–C) groups is 1. The van der Waals surface area contributed by atoms with E-state index in [0.29, 0.717) is 12.3 Å². The number of rotatable bonds is 6. The van der Waals surface area contributed by atoms with Crippen molar-refractivity contribution in [2.75, 3.05) is 13.1 Å². The maximum atomic E-state index is 9.91. The highest BCUT2D eigenvalue weighted by atomic mass is 127. The van der Waals surface area contributed by atoms with Crippen molar-refractivity contribution in [3.05, 3.63) is 64.8 Å². The molecule has 0 aliphatic carbocycles. The van der Waals surface area contributed by atoms with Crippen LogP contribution in [0.25, 0.3) is 10.9 Å². The van der Waals surface area contributed by atoms with Crippen LogP contribution in [0.4, 0.5) is 0 Å². The second-order valence-electron chi connectivity index (χ2n) is 6.81. The Morgan fingerprint density at radius 1 is 1.11 bits per heavy atom. The summed E-state index contributed by atoms with van der Waals surface area (Å²) in [4.78, 5) is 8.00. The standard InChI is InChI=1S/C22H28N4O.HI/c1-4-23-22(26-13-17-11-15(2)21(27)16(3)12-17)24-10-9-18-14-25-20-8-6-5-7-19(18)20;/h5-8,11-12,14,25,27H,4,9-10,13H2,1-3H3,(H2,23,24,26);1H. The summed E-state index contributed by atoms with van der Waals surface area (Å²) >= 11 is 0. The van der Waals surface area contributed by atoms with Gasteiger partial charge in [-0.15, -0.1) is 24.0 Å². The Labute approximate surface area is 183 Å². The summed E-state index contributed by atoms with van der Waals surface area (Å²) in [5.41, 5.74) is 5.34. The van der Waals surface area contributed by atoms with Gasteiger partial charge in [0, 0.05) is 30.2 Å². The molecule has 0 unspecified atom stereocenters. The summed E-state index contributed by atoms with van der Waals surface area (Å²) < 4.78 is 0. The summed E-state index contributed by atoms with van der Waals surface area (Å²) in [6.45, 7) is 8.09. The Kier molecular flexibility index (Phi) is 8.17. The van der Waals surface area contributed by atoms with Crippen molar-refractivity contribution in [2.24, 2.45) is 4.99 Å². The molecule has 0 aliphatic heterocycles. The van der Waals surface area contributed by atoms with E-state index in [1.807, 2.05) is 32.0 Å². The van der Waals surface area contributed by atoms with Crippen LogP contribution in [-0.2, 0) is 13.0 Å². The second-order valence-corrected chi connectivity index (χ2v) is 6.81. The van der Waals surface area contributed by atoms with Crippen molar-refractivity contribution in [1.82, 2.24) is 15.6 Å². The van der Waals surface area contributed by atoms with Crippen molar-refractivity contribution in [3.8, 4) is 5.75 Å². The van der Waals surface area contributed by atoms with Gasteiger partial charge in [-0.25, -0.2) is 4.99 Å². The van der Waals surface area contributed by atoms with Crippen LogP contribution in [0.5, 0.6) is 5.75 Å². The third-order valence-corrected chi connectivity index (χ3v) is 4.68. The minimum Gasteiger partial charge on any atom is -0.507 e. The van der Waals surface area contributed by atoms with Gasteiger partial charge in [-0.1, -0.05) is 30.3 Å². The molecular weight excluding hydrogens is 463 g/mol. The van der Waals surface area contributed by atoms with Crippen LogP contribution in [0.2, 0.25) is 0 Å². The number of nitrogens with one attached hydrogen (secondary N) is 3. The van der Waals surface area contributed by atoms with E-state index in [1.54, 1.807) is 0 Å². The largest absolute Gasteiger partial charge is 0.507 e. The zero-order valence-corrected chi connectivity index (χ0v) is 19.0. The van der Waals surface area contributed by atoms with Crippen LogP contribution in [-0.4, -0.2) is 29.1 Å². The Balaban J connectivity index is 0.00000280. The smallest absolute Gasteiger partial charge is 0.191 e. The van der Waals surface area contributed by atoms with Gasteiger partial charge in [0.2, 0.25) is 0 Å². The lowest BCUT2D eigenvalue weighted by atomic mass is 10.1. The Morgan fingerprint density at radius 2 is 1.82 bits per heavy atom. The summed E-state index contributed by atoms with van der Waals surface area (Å²) in [5, 5.41) is 17.9. The van der Waals surface area contributed by atoms with Gasteiger partial charge in [0.05, 0.1) is 6.54 Å². The number of guanidine groups is 1. The van der Waals surface area contributed by atoms with Crippen LogP contribution in [0, 0.1) is 13.8 Å². The Morgan fingerprint density at radius 3 is 2.54 bits per heavy atom. The molecule has 0 saturated carbocycles. The molecule has 4 N–H and O–H groups in total. The number of aromatic hydroxyl groups is 1. The first-order valence-electron chi connectivity index (χ1n) is 9.44. The maximum absolute atomic E-state index is 9.91. The molecule has 2 aromatic carbocycles. The lowest BCUT2D eigenvalue weighted by Crippen LogP contribution is -2.38. The average molecular weight is 492 g/mol.